The van der Waals surface area contributed by atoms with Gasteiger partial charge in [0, 0.05) is 16.9 Å². The van der Waals surface area contributed by atoms with Crippen molar-refractivity contribution in [2.24, 2.45) is 0 Å². The molecule has 1 amide bonds. The summed E-state index contributed by atoms with van der Waals surface area (Å²) >= 11 is 5.93. The van der Waals surface area contributed by atoms with Crippen LogP contribution in [0.1, 0.15) is 27.3 Å². The van der Waals surface area contributed by atoms with E-state index in [4.69, 9.17) is 11.6 Å². The minimum absolute atomic E-state index is 0.0222. The van der Waals surface area contributed by atoms with E-state index in [1.807, 2.05) is 0 Å². The number of benzene rings is 2. The van der Waals surface area contributed by atoms with Crippen molar-refractivity contribution >= 4 is 40.8 Å². The smallest absolute Gasteiger partial charge is 0.337 e. The van der Waals surface area contributed by atoms with E-state index < -0.39 is 11.8 Å². The molecule has 140 valence electrons. The number of fused-ring (bicyclic) bond motifs is 1. The van der Waals surface area contributed by atoms with Gasteiger partial charge in [0.1, 0.15) is 5.82 Å². The van der Waals surface area contributed by atoms with Crippen LogP contribution in [0.3, 0.4) is 0 Å². The van der Waals surface area contributed by atoms with Gasteiger partial charge in [-0.15, -0.1) is 0 Å². The van der Waals surface area contributed by atoms with E-state index in [-0.39, 0.29) is 16.5 Å². The molecule has 0 bridgehead atoms. The number of aromatic amines is 1. The summed E-state index contributed by atoms with van der Waals surface area (Å²) in [5.41, 5.74) is 3.92. The third-order valence-electron chi connectivity index (χ3n) is 4.56. The third-order valence-corrected chi connectivity index (χ3v) is 4.85. The fraction of sp³-hybridized carbons (Fsp3) is 0.0476. The first kappa shape index (κ1) is 18.0. The van der Waals surface area contributed by atoms with Gasteiger partial charge in [0.25, 0.3) is 5.91 Å². The molecule has 4 rings (SSSR count). The number of amides is 1. The second-order valence-corrected chi connectivity index (χ2v) is 6.86. The number of hydrogen-bond acceptors (Lipinski definition) is 2. The highest BCUT2D eigenvalue weighted by molar-refractivity contribution is 6.36. The Hall–Kier alpha value is -3.38. The van der Waals surface area contributed by atoms with Crippen molar-refractivity contribution in [2.45, 2.75) is 6.92 Å². The van der Waals surface area contributed by atoms with Crippen molar-refractivity contribution in [3.05, 3.63) is 75.8 Å². The van der Waals surface area contributed by atoms with Crippen LogP contribution < -0.4 is 5.32 Å². The molecule has 5 nitrogen and oxygen atoms in total. The summed E-state index contributed by atoms with van der Waals surface area (Å²) in [7, 11) is 0. The lowest BCUT2D eigenvalue weighted by atomic mass is 9.94. The molecule has 1 aliphatic rings. The number of anilines is 1. The minimum atomic E-state index is -1.09. The van der Waals surface area contributed by atoms with Crippen LogP contribution >= 0.6 is 11.6 Å². The molecule has 0 atom stereocenters. The molecule has 0 fully saturated rings. The molecule has 0 aliphatic carbocycles. The second-order valence-electron chi connectivity index (χ2n) is 6.45. The number of hydrogen-bond donors (Lipinski definition) is 3. The highest BCUT2D eigenvalue weighted by Gasteiger charge is 2.28. The van der Waals surface area contributed by atoms with E-state index in [1.165, 1.54) is 24.3 Å². The Balaban J connectivity index is 1.92. The minimum Gasteiger partial charge on any atom is -0.478 e. The standard InChI is InChI=1S/C21H14ClFN2O3/c1-10-7-13(21(27)28)18(24-10)9-14-19-12(3-2-4-17(19)25-20(14)26)11-5-6-16(23)15(22)8-11/h2-9,24H,1H3,(H,25,26)(H,27,28). The van der Waals surface area contributed by atoms with Crippen molar-refractivity contribution in [2.75, 3.05) is 5.32 Å². The van der Waals surface area contributed by atoms with Gasteiger partial charge in [-0.2, -0.15) is 0 Å². The quantitative estimate of drug-likeness (QED) is 0.546. The number of aromatic carboxylic acids is 1. The molecule has 3 aromatic rings. The lowest BCUT2D eigenvalue weighted by Crippen LogP contribution is -2.04. The van der Waals surface area contributed by atoms with Crippen LogP contribution in [0.4, 0.5) is 10.1 Å². The summed E-state index contributed by atoms with van der Waals surface area (Å²) in [6.07, 6.45) is 1.52. The summed E-state index contributed by atoms with van der Waals surface area (Å²) in [6.45, 7) is 1.74. The van der Waals surface area contributed by atoms with Crippen LogP contribution in [0.15, 0.2) is 42.5 Å². The van der Waals surface area contributed by atoms with Crippen molar-refractivity contribution in [3.8, 4) is 11.1 Å². The van der Waals surface area contributed by atoms with E-state index >= 15 is 0 Å². The van der Waals surface area contributed by atoms with Crippen LogP contribution in [0.5, 0.6) is 0 Å². The van der Waals surface area contributed by atoms with Gasteiger partial charge < -0.3 is 15.4 Å². The Morgan fingerprint density at radius 3 is 2.71 bits per heavy atom. The first-order valence-electron chi connectivity index (χ1n) is 8.40. The SMILES string of the molecule is Cc1cc(C(=O)O)c(C=C2C(=O)Nc3cccc(-c4ccc(F)c(Cl)c4)c32)[nH]1. The molecule has 1 aromatic heterocycles. The number of carbonyl (C=O) groups excluding carboxylic acids is 1. The lowest BCUT2D eigenvalue weighted by Gasteiger charge is -2.09. The van der Waals surface area contributed by atoms with Gasteiger partial charge in [0.15, 0.2) is 0 Å². The summed E-state index contributed by atoms with van der Waals surface area (Å²) < 4.78 is 13.6. The zero-order valence-corrected chi connectivity index (χ0v) is 15.4. The number of halogens is 2. The van der Waals surface area contributed by atoms with Gasteiger partial charge in [0.2, 0.25) is 0 Å². The third kappa shape index (κ3) is 2.97. The maximum atomic E-state index is 13.6. The maximum absolute atomic E-state index is 13.6. The van der Waals surface area contributed by atoms with Gasteiger partial charge in [0.05, 0.1) is 21.9 Å². The van der Waals surface area contributed by atoms with Gasteiger partial charge >= 0.3 is 5.97 Å². The van der Waals surface area contributed by atoms with E-state index in [9.17, 15) is 19.1 Å². The second kappa shape index (κ2) is 6.65. The zero-order chi connectivity index (χ0) is 20.0. The van der Waals surface area contributed by atoms with Crippen LogP contribution in [-0.4, -0.2) is 22.0 Å². The molecule has 0 spiro atoms. The van der Waals surface area contributed by atoms with E-state index in [1.54, 1.807) is 31.2 Å². The summed E-state index contributed by atoms with van der Waals surface area (Å²) in [6, 6.07) is 11.2. The van der Waals surface area contributed by atoms with Gasteiger partial charge in [-0.05, 0) is 48.4 Å². The first-order chi connectivity index (χ1) is 13.3. The number of carboxylic acids is 1. The molecule has 0 saturated heterocycles. The fourth-order valence-corrected chi connectivity index (χ4v) is 3.52. The maximum Gasteiger partial charge on any atom is 0.337 e. The number of carboxylic acid groups (broad SMARTS) is 1. The summed E-state index contributed by atoms with van der Waals surface area (Å²) in [4.78, 5) is 27.1. The van der Waals surface area contributed by atoms with Crippen molar-refractivity contribution in [3.63, 3.8) is 0 Å². The van der Waals surface area contributed by atoms with E-state index in [0.29, 0.717) is 39.3 Å². The van der Waals surface area contributed by atoms with Gasteiger partial charge in [-0.3, -0.25) is 4.79 Å². The van der Waals surface area contributed by atoms with Crippen molar-refractivity contribution < 1.29 is 19.1 Å². The summed E-state index contributed by atoms with van der Waals surface area (Å²) in [5.74, 6) is -1.97. The molecule has 1 aliphatic heterocycles. The van der Waals surface area contributed by atoms with Gasteiger partial charge in [-0.25, -0.2) is 9.18 Å². The van der Waals surface area contributed by atoms with Gasteiger partial charge in [-0.1, -0.05) is 29.8 Å². The zero-order valence-electron chi connectivity index (χ0n) is 14.6. The van der Waals surface area contributed by atoms with Crippen LogP contribution in [0.2, 0.25) is 5.02 Å². The molecule has 28 heavy (non-hydrogen) atoms. The molecular weight excluding hydrogens is 383 g/mol. The average molecular weight is 397 g/mol. The van der Waals surface area contributed by atoms with E-state index in [2.05, 4.69) is 10.3 Å². The Morgan fingerprint density at radius 2 is 2.00 bits per heavy atom. The fourth-order valence-electron chi connectivity index (χ4n) is 3.34. The molecule has 2 heterocycles. The molecule has 3 N–H and O–H groups in total. The normalized spacial score (nSPS) is 14.2. The Labute approximate surface area is 164 Å². The van der Waals surface area contributed by atoms with Crippen LogP contribution in [-0.2, 0) is 4.79 Å². The molecular formula is C21H14ClFN2O3. The molecule has 0 saturated carbocycles. The number of H-pyrrole nitrogens is 1. The van der Waals surface area contributed by atoms with Crippen molar-refractivity contribution in [1.82, 2.24) is 4.98 Å². The monoisotopic (exact) mass is 396 g/mol. The van der Waals surface area contributed by atoms with Crippen molar-refractivity contribution in [1.29, 1.82) is 0 Å². The number of nitrogens with one attached hydrogen (secondary N) is 2. The van der Waals surface area contributed by atoms with Crippen LogP contribution in [0.25, 0.3) is 22.8 Å². The predicted octanol–water partition coefficient (Wildman–Crippen LogP) is 4.97. The average Bonchev–Trinajstić information content (AvgIpc) is 3.17. The number of rotatable bonds is 3. The predicted molar refractivity (Wildman–Crippen MR) is 106 cm³/mol. The highest BCUT2D eigenvalue weighted by atomic mass is 35.5. The van der Waals surface area contributed by atoms with Crippen LogP contribution in [0, 0.1) is 12.7 Å². The summed E-state index contributed by atoms with van der Waals surface area (Å²) in [5, 5.41) is 12.2. The molecule has 0 radical (unpaired) electrons. The highest BCUT2D eigenvalue weighted by Crippen LogP contribution is 2.41. The topological polar surface area (TPSA) is 82.2 Å². The Morgan fingerprint density at radius 1 is 1.21 bits per heavy atom. The Bertz CT molecular complexity index is 1180. The molecule has 2 aromatic carbocycles. The lowest BCUT2D eigenvalue weighted by molar-refractivity contribution is -0.110. The molecule has 7 heteroatoms. The largest absolute Gasteiger partial charge is 0.478 e. The number of aromatic nitrogens is 1. The Kier molecular flexibility index (Phi) is 4.28. The number of carbonyl (C=O) groups is 2. The first-order valence-corrected chi connectivity index (χ1v) is 8.77. The number of aryl methyl sites for hydroxylation is 1. The van der Waals surface area contributed by atoms with E-state index in [0.717, 1.165) is 0 Å². The molecule has 0 unspecified atom stereocenters.